The van der Waals surface area contributed by atoms with Crippen LogP contribution in [-0.4, -0.2) is 33.2 Å². The van der Waals surface area contributed by atoms with Crippen LogP contribution in [-0.2, 0) is 4.79 Å². The first-order valence-electron chi connectivity index (χ1n) is 6.63. The first kappa shape index (κ1) is 13.1. The predicted octanol–water partition coefficient (Wildman–Crippen LogP) is 1.47. The number of hydrogen-bond donors (Lipinski definition) is 1. The highest BCUT2D eigenvalue weighted by atomic mass is 16.2. The van der Waals surface area contributed by atoms with Crippen molar-refractivity contribution in [2.45, 2.75) is 51.7 Å². The molecule has 1 aromatic heterocycles. The van der Waals surface area contributed by atoms with E-state index in [9.17, 15) is 4.79 Å². The lowest BCUT2D eigenvalue weighted by Crippen LogP contribution is -2.33. The Balaban J connectivity index is 2.25. The molecule has 1 aliphatic rings. The molecular formula is C13H22N4O. The highest BCUT2D eigenvalue weighted by Crippen LogP contribution is 2.32. The van der Waals surface area contributed by atoms with E-state index in [1.165, 1.54) is 0 Å². The zero-order valence-electron chi connectivity index (χ0n) is 11.3. The van der Waals surface area contributed by atoms with Crippen molar-refractivity contribution in [3.05, 3.63) is 18.0 Å². The number of likely N-dealkylation sites (tertiary alicyclic amines) is 1. The minimum atomic E-state index is -0.117. The normalized spacial score (nSPS) is 24.3. The van der Waals surface area contributed by atoms with Crippen LogP contribution in [0.2, 0.25) is 0 Å². The van der Waals surface area contributed by atoms with E-state index in [1.807, 2.05) is 22.0 Å². The average molecular weight is 250 g/mol. The predicted molar refractivity (Wildman–Crippen MR) is 69.9 cm³/mol. The van der Waals surface area contributed by atoms with Crippen molar-refractivity contribution in [2.24, 2.45) is 5.73 Å². The lowest BCUT2D eigenvalue weighted by molar-refractivity contribution is -0.129. The third-order valence-electron chi connectivity index (χ3n) is 3.43. The molecule has 2 unspecified atom stereocenters. The number of carbonyl (C=O) groups is 1. The largest absolute Gasteiger partial charge is 0.334 e. The average Bonchev–Trinajstić information content (AvgIpc) is 2.86. The van der Waals surface area contributed by atoms with Gasteiger partial charge in [0.15, 0.2) is 0 Å². The van der Waals surface area contributed by atoms with Crippen LogP contribution in [0.25, 0.3) is 0 Å². The number of rotatable bonds is 4. The van der Waals surface area contributed by atoms with Crippen molar-refractivity contribution in [3.8, 4) is 0 Å². The van der Waals surface area contributed by atoms with E-state index in [-0.39, 0.29) is 18.0 Å². The summed E-state index contributed by atoms with van der Waals surface area (Å²) < 4.78 is 1.91. The van der Waals surface area contributed by atoms with Gasteiger partial charge in [0.05, 0.1) is 12.2 Å². The molecule has 1 aliphatic heterocycles. The Kier molecular flexibility index (Phi) is 3.71. The number of nitrogens with zero attached hydrogens (tertiary/aromatic N) is 3. The molecule has 0 bridgehead atoms. The van der Waals surface area contributed by atoms with Crippen LogP contribution in [0, 0.1) is 0 Å². The van der Waals surface area contributed by atoms with Gasteiger partial charge in [0.25, 0.3) is 0 Å². The zero-order valence-corrected chi connectivity index (χ0v) is 11.3. The molecule has 1 aromatic rings. The van der Waals surface area contributed by atoms with E-state index in [2.05, 4.69) is 25.9 Å². The molecular weight excluding hydrogens is 228 g/mol. The van der Waals surface area contributed by atoms with Crippen molar-refractivity contribution >= 4 is 5.91 Å². The van der Waals surface area contributed by atoms with Crippen LogP contribution in [0.3, 0.4) is 0 Å². The smallest absolute Gasteiger partial charge is 0.224 e. The molecule has 2 N–H and O–H groups in total. The maximum atomic E-state index is 11.9. The number of amides is 1. The molecule has 2 rings (SSSR count). The van der Waals surface area contributed by atoms with Crippen molar-refractivity contribution in [2.75, 3.05) is 6.54 Å². The van der Waals surface area contributed by atoms with Crippen LogP contribution in [0.1, 0.15) is 51.3 Å². The van der Waals surface area contributed by atoms with Gasteiger partial charge in [-0.1, -0.05) is 6.92 Å². The van der Waals surface area contributed by atoms with Gasteiger partial charge in [0.1, 0.15) is 0 Å². The Hall–Kier alpha value is -1.36. The molecule has 2 atom stereocenters. The number of nitrogens with two attached hydrogens (primary N) is 1. The van der Waals surface area contributed by atoms with Crippen LogP contribution in [0.15, 0.2) is 12.4 Å². The molecule has 1 fully saturated rings. The summed E-state index contributed by atoms with van der Waals surface area (Å²) in [5.74, 6) is 0.159. The zero-order chi connectivity index (χ0) is 13.3. The van der Waals surface area contributed by atoms with Crippen molar-refractivity contribution in [3.63, 3.8) is 0 Å². The molecule has 2 heterocycles. The summed E-state index contributed by atoms with van der Waals surface area (Å²) in [6.07, 6.45) is 5.24. The molecule has 1 saturated heterocycles. The summed E-state index contributed by atoms with van der Waals surface area (Å²) in [5, 5.41) is 4.34. The Bertz CT molecular complexity index is 426. The highest BCUT2D eigenvalue weighted by molar-refractivity contribution is 5.80. The Morgan fingerprint density at radius 2 is 2.28 bits per heavy atom. The molecule has 0 spiro atoms. The van der Waals surface area contributed by atoms with E-state index in [0.29, 0.717) is 12.5 Å². The van der Waals surface area contributed by atoms with Gasteiger partial charge in [-0.25, -0.2) is 0 Å². The summed E-state index contributed by atoms with van der Waals surface area (Å²) >= 11 is 0. The minimum Gasteiger partial charge on any atom is -0.334 e. The van der Waals surface area contributed by atoms with Crippen LogP contribution in [0.5, 0.6) is 0 Å². The third-order valence-corrected chi connectivity index (χ3v) is 3.43. The van der Waals surface area contributed by atoms with Crippen LogP contribution >= 0.6 is 0 Å². The van der Waals surface area contributed by atoms with Crippen molar-refractivity contribution in [1.82, 2.24) is 14.7 Å². The second-order valence-corrected chi connectivity index (χ2v) is 5.25. The number of aromatic nitrogens is 2. The number of hydrogen-bond acceptors (Lipinski definition) is 3. The fourth-order valence-electron chi connectivity index (χ4n) is 2.54. The molecule has 5 heteroatoms. The topological polar surface area (TPSA) is 64.2 Å². The van der Waals surface area contributed by atoms with Gasteiger partial charge in [-0.3, -0.25) is 9.48 Å². The molecule has 100 valence electrons. The van der Waals surface area contributed by atoms with E-state index in [1.54, 1.807) is 0 Å². The fraction of sp³-hybridized carbons (Fsp3) is 0.692. The van der Waals surface area contributed by atoms with Gasteiger partial charge >= 0.3 is 0 Å². The molecule has 1 amide bonds. The summed E-state index contributed by atoms with van der Waals surface area (Å²) in [6.45, 7) is 7.01. The third kappa shape index (κ3) is 2.27. The first-order chi connectivity index (χ1) is 8.54. The molecule has 18 heavy (non-hydrogen) atoms. The molecule has 0 radical (unpaired) electrons. The van der Waals surface area contributed by atoms with Crippen LogP contribution in [0.4, 0.5) is 0 Å². The molecule has 5 nitrogen and oxygen atoms in total. The van der Waals surface area contributed by atoms with Gasteiger partial charge < -0.3 is 10.6 Å². The van der Waals surface area contributed by atoms with Crippen molar-refractivity contribution < 1.29 is 4.79 Å². The van der Waals surface area contributed by atoms with E-state index < -0.39 is 0 Å². The van der Waals surface area contributed by atoms with E-state index in [4.69, 9.17) is 5.73 Å². The van der Waals surface area contributed by atoms with Gasteiger partial charge in [-0.2, -0.15) is 5.10 Å². The molecule has 0 saturated carbocycles. The minimum absolute atomic E-state index is 0.00931. The van der Waals surface area contributed by atoms with Gasteiger partial charge in [-0.05, 0) is 20.3 Å². The standard InChI is InChI=1S/C13H22N4O/c1-4-5-16-12(18)6-11(14)13(16)10-7-15-17(8-10)9(2)3/h7-9,11,13H,4-6,14H2,1-3H3. The van der Waals surface area contributed by atoms with Gasteiger partial charge in [-0.15, -0.1) is 0 Å². The molecule has 0 aliphatic carbocycles. The second-order valence-electron chi connectivity index (χ2n) is 5.25. The Morgan fingerprint density at radius 1 is 1.56 bits per heavy atom. The summed E-state index contributed by atoms with van der Waals surface area (Å²) in [5.41, 5.74) is 7.16. The lowest BCUT2D eigenvalue weighted by atomic mass is 10.0. The number of carbonyl (C=O) groups excluding carboxylic acids is 1. The SMILES string of the molecule is CCCN1C(=O)CC(N)C1c1cnn(C(C)C)c1. The van der Waals surface area contributed by atoms with Gasteiger partial charge in [0.2, 0.25) is 5.91 Å². The van der Waals surface area contributed by atoms with E-state index in [0.717, 1.165) is 18.5 Å². The fourth-order valence-corrected chi connectivity index (χ4v) is 2.54. The Labute approximate surface area is 108 Å². The lowest BCUT2D eigenvalue weighted by Gasteiger charge is -2.25. The van der Waals surface area contributed by atoms with Crippen molar-refractivity contribution in [1.29, 1.82) is 0 Å². The Morgan fingerprint density at radius 3 is 2.83 bits per heavy atom. The summed E-state index contributed by atoms with van der Waals surface area (Å²) in [6, 6.07) is 0.200. The quantitative estimate of drug-likeness (QED) is 0.880. The molecule has 0 aromatic carbocycles. The summed E-state index contributed by atoms with van der Waals surface area (Å²) in [7, 11) is 0. The van der Waals surface area contributed by atoms with E-state index >= 15 is 0 Å². The maximum absolute atomic E-state index is 11.9. The van der Waals surface area contributed by atoms with Gasteiger partial charge in [0, 0.05) is 36.8 Å². The second kappa shape index (κ2) is 5.10. The summed E-state index contributed by atoms with van der Waals surface area (Å²) in [4.78, 5) is 13.8. The van der Waals surface area contributed by atoms with Crippen LogP contribution < -0.4 is 5.73 Å². The monoisotopic (exact) mass is 250 g/mol. The maximum Gasteiger partial charge on any atom is 0.224 e. The highest BCUT2D eigenvalue weighted by Gasteiger charge is 2.38. The first-order valence-corrected chi connectivity index (χ1v) is 6.63.